The summed E-state index contributed by atoms with van der Waals surface area (Å²) in [5, 5.41) is 0. The first-order valence-electron chi connectivity index (χ1n) is 7.10. The first kappa shape index (κ1) is 16.4. The summed E-state index contributed by atoms with van der Waals surface area (Å²) in [6, 6.07) is 9.77. The Morgan fingerprint density at radius 1 is 1.15 bits per heavy atom. The third-order valence-corrected chi connectivity index (χ3v) is 2.96. The van der Waals surface area contributed by atoms with Crippen molar-refractivity contribution < 1.29 is 14.3 Å². The van der Waals surface area contributed by atoms with Crippen molar-refractivity contribution in [2.75, 3.05) is 0 Å². The predicted molar refractivity (Wildman–Crippen MR) is 79.4 cm³/mol. The van der Waals surface area contributed by atoms with Crippen molar-refractivity contribution in [1.29, 1.82) is 0 Å². The van der Waals surface area contributed by atoms with E-state index in [0.717, 1.165) is 5.56 Å². The van der Waals surface area contributed by atoms with Crippen LogP contribution in [0.5, 0.6) is 0 Å². The van der Waals surface area contributed by atoms with Gasteiger partial charge >= 0.3 is 5.97 Å². The van der Waals surface area contributed by atoms with E-state index in [1.165, 1.54) is 0 Å². The Balaban J connectivity index is 2.70. The van der Waals surface area contributed by atoms with Crippen LogP contribution in [0.2, 0.25) is 0 Å². The van der Waals surface area contributed by atoms with Gasteiger partial charge in [0, 0.05) is 12.3 Å². The van der Waals surface area contributed by atoms with Crippen LogP contribution in [-0.2, 0) is 20.7 Å². The molecule has 1 unspecified atom stereocenters. The van der Waals surface area contributed by atoms with E-state index in [1.807, 2.05) is 58.0 Å². The molecule has 1 aromatic carbocycles. The molecule has 0 aromatic heterocycles. The maximum atomic E-state index is 12.0. The van der Waals surface area contributed by atoms with Crippen molar-refractivity contribution in [3.05, 3.63) is 35.9 Å². The maximum absolute atomic E-state index is 12.0. The maximum Gasteiger partial charge on any atom is 0.307 e. The number of Topliss-reactive ketones (excluding diaryl/α,β-unsaturated/α-hetero) is 1. The van der Waals surface area contributed by atoms with Gasteiger partial charge in [0.05, 0.1) is 6.42 Å². The molecule has 0 aliphatic rings. The van der Waals surface area contributed by atoms with Crippen molar-refractivity contribution in [3.8, 4) is 0 Å². The molecule has 1 rings (SSSR count). The third-order valence-electron chi connectivity index (χ3n) is 2.96. The Morgan fingerprint density at radius 3 is 2.25 bits per heavy atom. The molecule has 0 spiro atoms. The standard InChI is InChI=1S/C17H24O3/c1-5-15(18)14(11-13-9-7-6-8-10-13)12-16(19)20-17(2,3)4/h6-10,14H,5,11-12H2,1-4H3. The quantitative estimate of drug-likeness (QED) is 0.746. The van der Waals surface area contributed by atoms with Crippen molar-refractivity contribution in [2.24, 2.45) is 5.92 Å². The fourth-order valence-corrected chi connectivity index (χ4v) is 2.07. The van der Waals surface area contributed by atoms with Crippen LogP contribution in [0, 0.1) is 5.92 Å². The molecule has 20 heavy (non-hydrogen) atoms. The fourth-order valence-electron chi connectivity index (χ4n) is 2.07. The number of rotatable bonds is 6. The Bertz CT molecular complexity index is 443. The van der Waals surface area contributed by atoms with Crippen LogP contribution in [0.4, 0.5) is 0 Å². The van der Waals surface area contributed by atoms with E-state index >= 15 is 0 Å². The van der Waals surface area contributed by atoms with E-state index in [2.05, 4.69) is 0 Å². The van der Waals surface area contributed by atoms with E-state index in [-0.39, 0.29) is 24.1 Å². The highest BCUT2D eigenvalue weighted by Crippen LogP contribution is 2.18. The van der Waals surface area contributed by atoms with E-state index in [1.54, 1.807) is 0 Å². The topological polar surface area (TPSA) is 43.4 Å². The highest BCUT2D eigenvalue weighted by atomic mass is 16.6. The zero-order valence-corrected chi connectivity index (χ0v) is 12.8. The number of esters is 1. The number of ether oxygens (including phenoxy) is 1. The van der Waals surface area contributed by atoms with Crippen LogP contribution < -0.4 is 0 Å². The van der Waals surface area contributed by atoms with Crippen LogP contribution in [0.15, 0.2) is 30.3 Å². The van der Waals surface area contributed by atoms with Gasteiger partial charge in [-0.3, -0.25) is 9.59 Å². The predicted octanol–water partition coefficient (Wildman–Crippen LogP) is 3.56. The molecule has 1 aromatic rings. The van der Waals surface area contributed by atoms with Crippen LogP contribution in [0.25, 0.3) is 0 Å². The van der Waals surface area contributed by atoms with Gasteiger partial charge in [-0.2, -0.15) is 0 Å². The van der Waals surface area contributed by atoms with Gasteiger partial charge in [-0.1, -0.05) is 37.3 Å². The summed E-state index contributed by atoms with van der Waals surface area (Å²) in [6.07, 6.45) is 1.19. The Labute approximate surface area is 121 Å². The summed E-state index contributed by atoms with van der Waals surface area (Å²) in [7, 11) is 0. The molecule has 0 aliphatic carbocycles. The molecule has 0 heterocycles. The molecular weight excluding hydrogens is 252 g/mol. The van der Waals surface area contributed by atoms with Crippen molar-refractivity contribution in [3.63, 3.8) is 0 Å². The molecule has 0 radical (unpaired) electrons. The van der Waals surface area contributed by atoms with Gasteiger partial charge in [0.15, 0.2) is 0 Å². The Hall–Kier alpha value is -1.64. The number of carbonyl (C=O) groups is 2. The normalized spacial score (nSPS) is 12.8. The van der Waals surface area contributed by atoms with Gasteiger partial charge in [0.1, 0.15) is 11.4 Å². The lowest BCUT2D eigenvalue weighted by molar-refractivity contribution is -0.157. The third kappa shape index (κ3) is 6.00. The van der Waals surface area contributed by atoms with Gasteiger partial charge in [-0.25, -0.2) is 0 Å². The number of ketones is 1. The largest absolute Gasteiger partial charge is 0.460 e. The second kappa shape index (κ2) is 7.22. The fraction of sp³-hybridized carbons (Fsp3) is 0.529. The molecule has 0 bridgehead atoms. The number of hydrogen-bond acceptors (Lipinski definition) is 3. The summed E-state index contributed by atoms with van der Waals surface area (Å²) in [5.74, 6) is -0.489. The SMILES string of the molecule is CCC(=O)C(CC(=O)OC(C)(C)C)Cc1ccccc1. The molecule has 0 N–H and O–H groups in total. The number of hydrogen-bond donors (Lipinski definition) is 0. The van der Waals surface area contributed by atoms with Crippen LogP contribution in [-0.4, -0.2) is 17.4 Å². The number of carbonyl (C=O) groups excluding carboxylic acids is 2. The molecule has 110 valence electrons. The van der Waals surface area contributed by atoms with Crippen molar-refractivity contribution in [2.45, 2.75) is 52.6 Å². The zero-order chi connectivity index (χ0) is 15.2. The molecule has 3 nitrogen and oxygen atoms in total. The summed E-state index contributed by atoms with van der Waals surface area (Å²) in [5.41, 5.74) is 0.562. The average Bonchev–Trinajstić information content (AvgIpc) is 2.36. The minimum atomic E-state index is -0.510. The Kier molecular flexibility index (Phi) is 5.93. The highest BCUT2D eigenvalue weighted by Gasteiger charge is 2.24. The second-order valence-electron chi connectivity index (χ2n) is 6.00. The van der Waals surface area contributed by atoms with Crippen LogP contribution in [0.3, 0.4) is 0 Å². The van der Waals surface area contributed by atoms with Crippen LogP contribution in [0.1, 0.15) is 46.1 Å². The van der Waals surface area contributed by atoms with Crippen molar-refractivity contribution in [1.82, 2.24) is 0 Å². The highest BCUT2D eigenvalue weighted by molar-refractivity contribution is 5.85. The zero-order valence-electron chi connectivity index (χ0n) is 12.8. The van der Waals surface area contributed by atoms with Gasteiger partial charge in [-0.15, -0.1) is 0 Å². The molecule has 3 heteroatoms. The molecule has 0 amide bonds. The second-order valence-corrected chi connectivity index (χ2v) is 6.00. The lowest BCUT2D eigenvalue weighted by Gasteiger charge is -2.21. The lowest BCUT2D eigenvalue weighted by atomic mass is 9.91. The minimum Gasteiger partial charge on any atom is -0.460 e. The molecule has 0 saturated carbocycles. The van der Waals surface area contributed by atoms with E-state index in [4.69, 9.17) is 4.74 Å². The van der Waals surface area contributed by atoms with E-state index < -0.39 is 5.60 Å². The molecule has 1 atom stereocenters. The summed E-state index contributed by atoms with van der Waals surface area (Å²) in [4.78, 5) is 23.9. The van der Waals surface area contributed by atoms with E-state index in [9.17, 15) is 9.59 Å². The number of benzene rings is 1. The first-order chi connectivity index (χ1) is 9.31. The molecule has 0 saturated heterocycles. The summed E-state index contributed by atoms with van der Waals surface area (Å²) >= 11 is 0. The van der Waals surface area contributed by atoms with E-state index in [0.29, 0.717) is 12.8 Å². The summed E-state index contributed by atoms with van der Waals surface area (Å²) in [6.45, 7) is 7.33. The van der Waals surface area contributed by atoms with Gasteiger partial charge in [0.25, 0.3) is 0 Å². The average molecular weight is 276 g/mol. The monoisotopic (exact) mass is 276 g/mol. The lowest BCUT2D eigenvalue weighted by Crippen LogP contribution is -2.28. The molecular formula is C17H24O3. The molecule has 0 fully saturated rings. The first-order valence-corrected chi connectivity index (χ1v) is 7.10. The van der Waals surface area contributed by atoms with Gasteiger partial charge < -0.3 is 4.74 Å². The van der Waals surface area contributed by atoms with Gasteiger partial charge in [0.2, 0.25) is 0 Å². The van der Waals surface area contributed by atoms with Crippen molar-refractivity contribution >= 4 is 11.8 Å². The van der Waals surface area contributed by atoms with Crippen LogP contribution >= 0.6 is 0 Å². The molecule has 0 aliphatic heterocycles. The van der Waals surface area contributed by atoms with Gasteiger partial charge in [-0.05, 0) is 32.8 Å². The smallest absolute Gasteiger partial charge is 0.307 e. The Morgan fingerprint density at radius 2 is 1.75 bits per heavy atom. The summed E-state index contributed by atoms with van der Waals surface area (Å²) < 4.78 is 5.31. The minimum absolute atomic E-state index is 0.111.